The van der Waals surface area contributed by atoms with E-state index in [1.165, 1.54) is 16.7 Å². The molecule has 0 aliphatic carbocycles. The van der Waals surface area contributed by atoms with E-state index in [-0.39, 0.29) is 5.12 Å². The van der Waals surface area contributed by atoms with Crippen LogP contribution in [-0.4, -0.2) is 9.70 Å². The first-order valence-corrected chi connectivity index (χ1v) is 7.48. The zero-order chi connectivity index (χ0) is 12.5. The van der Waals surface area contributed by atoms with Crippen molar-refractivity contribution in [2.45, 2.75) is 35.7 Å². The van der Waals surface area contributed by atoms with Crippen LogP contribution in [0.3, 0.4) is 0 Å². The molecular weight excluding hydrogens is 248 g/mol. The largest absolute Gasteiger partial charge is 0.288 e. The van der Waals surface area contributed by atoms with Crippen LogP contribution in [0.25, 0.3) is 0 Å². The second-order valence-electron chi connectivity index (χ2n) is 3.69. The fourth-order valence-electron chi connectivity index (χ4n) is 1.41. The van der Waals surface area contributed by atoms with Crippen LogP contribution >= 0.6 is 23.5 Å². The lowest BCUT2D eigenvalue weighted by molar-refractivity contribution is -0.109. The van der Waals surface area contributed by atoms with Gasteiger partial charge < -0.3 is 0 Å². The fraction of sp³-hybridized carbons (Fsp3) is 0.357. The van der Waals surface area contributed by atoms with Gasteiger partial charge in [-0.2, -0.15) is 0 Å². The second-order valence-corrected chi connectivity index (χ2v) is 6.64. The van der Waals surface area contributed by atoms with Crippen molar-refractivity contribution < 1.29 is 4.79 Å². The molecule has 0 bridgehead atoms. The molecule has 1 nitrogen and oxygen atoms in total. The van der Waals surface area contributed by atoms with Gasteiger partial charge in [-0.1, -0.05) is 36.0 Å². The van der Waals surface area contributed by atoms with Gasteiger partial charge >= 0.3 is 0 Å². The molecule has 1 unspecified atom stereocenters. The molecule has 3 heteroatoms. The Hall–Kier alpha value is -0.670. The highest BCUT2D eigenvalue weighted by molar-refractivity contribution is 8.24. The maximum atomic E-state index is 11.2. The number of unbranched alkanes of at least 4 members (excludes halogenated alkanes) is 1. The molecule has 0 saturated heterocycles. The molecule has 0 aliphatic rings. The second kappa shape index (κ2) is 8.43. The predicted octanol–water partition coefficient (Wildman–Crippen LogP) is 4.74. The van der Waals surface area contributed by atoms with Crippen molar-refractivity contribution in [2.24, 2.45) is 0 Å². The highest BCUT2D eigenvalue weighted by Gasteiger charge is 2.13. The minimum absolute atomic E-state index is 0.192. The first-order chi connectivity index (χ1) is 8.22. The number of carbonyl (C=O) groups excluding carboxylic acids is 1. The molecule has 1 rings (SSSR count). The summed E-state index contributed by atoms with van der Waals surface area (Å²) < 4.78 is 0.315. The third-order valence-corrected chi connectivity index (χ3v) is 4.61. The monoisotopic (exact) mass is 266 g/mol. The van der Waals surface area contributed by atoms with Crippen molar-refractivity contribution in [3.05, 3.63) is 43.0 Å². The van der Waals surface area contributed by atoms with E-state index in [0.717, 1.165) is 19.3 Å². The molecule has 1 aromatic carbocycles. The van der Waals surface area contributed by atoms with Crippen molar-refractivity contribution >= 4 is 28.6 Å². The molecule has 0 aliphatic heterocycles. The Morgan fingerprint density at radius 1 is 1.41 bits per heavy atom. The van der Waals surface area contributed by atoms with Crippen LogP contribution in [0.5, 0.6) is 0 Å². The standard InChI is InChI=1S/C14H18OS2/c1-3-4-6-11-14(16-12(2)15)17-13-9-7-5-8-10-13/h3,5,7-10,14H,1,4,6,11H2,2H3. The number of rotatable bonds is 7. The Morgan fingerprint density at radius 3 is 2.71 bits per heavy atom. The molecule has 1 aromatic rings. The third kappa shape index (κ3) is 6.59. The predicted molar refractivity (Wildman–Crippen MR) is 78.4 cm³/mol. The number of thioether (sulfide) groups is 2. The number of carbonyl (C=O) groups is 1. The van der Waals surface area contributed by atoms with E-state index in [1.807, 2.05) is 24.3 Å². The Labute approximate surface area is 112 Å². The van der Waals surface area contributed by atoms with Gasteiger partial charge in [0.15, 0.2) is 5.12 Å². The molecule has 0 spiro atoms. The van der Waals surface area contributed by atoms with Crippen LogP contribution in [0.4, 0.5) is 0 Å². The smallest absolute Gasteiger partial charge is 0.186 e. The van der Waals surface area contributed by atoms with Gasteiger partial charge in [-0.15, -0.1) is 18.3 Å². The van der Waals surface area contributed by atoms with E-state index in [2.05, 4.69) is 18.7 Å². The lowest BCUT2D eigenvalue weighted by Gasteiger charge is -2.13. The van der Waals surface area contributed by atoms with E-state index < -0.39 is 0 Å². The van der Waals surface area contributed by atoms with Gasteiger partial charge in [-0.3, -0.25) is 4.79 Å². The topological polar surface area (TPSA) is 17.1 Å². The van der Waals surface area contributed by atoms with Crippen LogP contribution in [0.1, 0.15) is 26.2 Å². The highest BCUT2D eigenvalue weighted by Crippen LogP contribution is 2.34. The normalized spacial score (nSPS) is 12.1. The maximum absolute atomic E-state index is 11.2. The average molecular weight is 266 g/mol. The van der Waals surface area contributed by atoms with Crippen molar-refractivity contribution in [3.63, 3.8) is 0 Å². The number of hydrogen-bond donors (Lipinski definition) is 0. The van der Waals surface area contributed by atoms with E-state index in [9.17, 15) is 4.79 Å². The molecule has 0 amide bonds. The first kappa shape index (κ1) is 14.4. The highest BCUT2D eigenvalue weighted by atomic mass is 32.2. The van der Waals surface area contributed by atoms with Crippen molar-refractivity contribution in [1.82, 2.24) is 0 Å². The van der Waals surface area contributed by atoms with Crippen LogP contribution in [-0.2, 0) is 4.79 Å². The van der Waals surface area contributed by atoms with Crippen molar-refractivity contribution in [2.75, 3.05) is 0 Å². The summed E-state index contributed by atoms with van der Waals surface area (Å²) in [6.07, 6.45) is 5.08. The van der Waals surface area contributed by atoms with Crippen LogP contribution in [0.2, 0.25) is 0 Å². The first-order valence-electron chi connectivity index (χ1n) is 5.72. The lowest BCUT2D eigenvalue weighted by atomic mass is 10.2. The molecule has 1 atom stereocenters. The molecule has 92 valence electrons. The van der Waals surface area contributed by atoms with Crippen LogP contribution in [0.15, 0.2) is 47.9 Å². The van der Waals surface area contributed by atoms with Gasteiger partial charge in [0, 0.05) is 11.8 Å². The van der Waals surface area contributed by atoms with Gasteiger partial charge in [0.1, 0.15) is 0 Å². The number of hydrogen-bond acceptors (Lipinski definition) is 3. The van der Waals surface area contributed by atoms with Gasteiger partial charge in [0.25, 0.3) is 0 Å². The molecule has 0 fully saturated rings. The summed E-state index contributed by atoms with van der Waals surface area (Å²) in [6, 6.07) is 10.2. The summed E-state index contributed by atoms with van der Waals surface area (Å²) in [5, 5.41) is 0.192. The Morgan fingerprint density at radius 2 is 2.12 bits per heavy atom. The third-order valence-electron chi connectivity index (χ3n) is 2.16. The minimum atomic E-state index is 0.192. The van der Waals surface area contributed by atoms with Gasteiger partial charge in [-0.05, 0) is 31.4 Å². The van der Waals surface area contributed by atoms with E-state index >= 15 is 0 Å². The zero-order valence-corrected chi connectivity index (χ0v) is 11.7. The van der Waals surface area contributed by atoms with E-state index in [0.29, 0.717) is 4.58 Å². The lowest BCUT2D eigenvalue weighted by Crippen LogP contribution is -2.00. The molecule has 0 heterocycles. The fourth-order valence-corrected chi connectivity index (χ4v) is 3.90. The Bertz CT molecular complexity index is 348. The van der Waals surface area contributed by atoms with Crippen LogP contribution in [0, 0.1) is 0 Å². The summed E-state index contributed by atoms with van der Waals surface area (Å²) in [6.45, 7) is 5.36. The van der Waals surface area contributed by atoms with E-state index in [1.54, 1.807) is 18.7 Å². The summed E-state index contributed by atoms with van der Waals surface area (Å²) in [4.78, 5) is 12.4. The molecule has 0 N–H and O–H groups in total. The SMILES string of the molecule is C=CCCCC(SC(C)=O)Sc1ccccc1. The minimum Gasteiger partial charge on any atom is -0.288 e. The van der Waals surface area contributed by atoms with Crippen LogP contribution < -0.4 is 0 Å². The average Bonchev–Trinajstić information content (AvgIpc) is 2.30. The van der Waals surface area contributed by atoms with E-state index in [4.69, 9.17) is 0 Å². The number of benzene rings is 1. The molecule has 17 heavy (non-hydrogen) atoms. The molecule has 0 radical (unpaired) electrons. The van der Waals surface area contributed by atoms with Gasteiger partial charge in [-0.25, -0.2) is 0 Å². The van der Waals surface area contributed by atoms with Crippen molar-refractivity contribution in [3.8, 4) is 0 Å². The quantitative estimate of drug-likeness (QED) is 0.307. The molecule has 0 saturated carbocycles. The summed E-state index contributed by atoms with van der Waals surface area (Å²) >= 11 is 3.21. The zero-order valence-electron chi connectivity index (χ0n) is 10.1. The summed E-state index contributed by atoms with van der Waals surface area (Å²) in [5.41, 5.74) is 0. The van der Waals surface area contributed by atoms with Gasteiger partial charge in [0.05, 0.1) is 4.58 Å². The van der Waals surface area contributed by atoms with Gasteiger partial charge in [0.2, 0.25) is 0 Å². The Kier molecular flexibility index (Phi) is 7.13. The maximum Gasteiger partial charge on any atom is 0.186 e. The number of allylic oxidation sites excluding steroid dienone is 1. The Balaban J connectivity index is 2.50. The molecule has 0 aromatic heterocycles. The van der Waals surface area contributed by atoms with Crippen molar-refractivity contribution in [1.29, 1.82) is 0 Å². The summed E-state index contributed by atoms with van der Waals surface area (Å²) in [7, 11) is 0. The summed E-state index contributed by atoms with van der Waals surface area (Å²) in [5.74, 6) is 0. The molecular formula is C14H18OS2.